The molecule has 5 nitrogen and oxygen atoms in total. The monoisotopic (exact) mass is 292 g/mol. The number of hydrogen-bond donors (Lipinski definition) is 2. The molecule has 0 radical (unpaired) electrons. The maximum Gasteiger partial charge on any atom is 0.251 e. The summed E-state index contributed by atoms with van der Waals surface area (Å²) in [7, 11) is 0. The molecule has 18 heavy (non-hydrogen) atoms. The Balaban J connectivity index is 2.32. The zero-order valence-electron chi connectivity index (χ0n) is 9.66. The van der Waals surface area contributed by atoms with E-state index in [-0.39, 0.29) is 22.8 Å². The minimum atomic E-state index is -0.261. The van der Waals surface area contributed by atoms with Crippen LogP contribution in [0.3, 0.4) is 0 Å². The van der Waals surface area contributed by atoms with Crippen molar-refractivity contribution < 1.29 is 14.6 Å². The minimum absolute atomic E-state index is 0.000370. The number of carbonyl (C=O) groups excluding carboxylic acids is 1. The zero-order valence-corrected chi connectivity index (χ0v) is 11.2. The van der Waals surface area contributed by atoms with Gasteiger partial charge in [0.1, 0.15) is 10.3 Å². The molecule has 1 rings (SSSR count). The highest BCUT2D eigenvalue weighted by molar-refractivity contribution is 6.33. The summed E-state index contributed by atoms with van der Waals surface area (Å²) in [6.07, 6.45) is 0.665. The molecule has 7 heteroatoms. The van der Waals surface area contributed by atoms with E-state index >= 15 is 0 Å². The summed E-state index contributed by atoms with van der Waals surface area (Å²) in [6, 6.07) is 2.90. The molecule has 0 bridgehead atoms. The molecule has 0 unspecified atom stereocenters. The topological polar surface area (TPSA) is 71.5 Å². The van der Waals surface area contributed by atoms with Crippen LogP contribution in [0.15, 0.2) is 12.1 Å². The van der Waals surface area contributed by atoms with Crippen molar-refractivity contribution in [2.45, 2.75) is 6.42 Å². The summed E-state index contributed by atoms with van der Waals surface area (Å²) in [5, 5.41) is 11.5. The molecule has 1 aromatic rings. The van der Waals surface area contributed by atoms with Crippen molar-refractivity contribution in [2.24, 2.45) is 0 Å². The molecule has 1 amide bonds. The Hall–Kier alpha value is -0.880. The molecule has 0 saturated carbocycles. The molecule has 2 N–H and O–H groups in total. The Kier molecular flexibility index (Phi) is 6.97. The molecule has 0 aromatic carbocycles. The Morgan fingerprint density at radius 3 is 2.61 bits per heavy atom. The zero-order chi connectivity index (χ0) is 13.4. The number of nitrogens with zero attached hydrogens (tertiary/aromatic N) is 1. The highest BCUT2D eigenvalue weighted by Gasteiger charge is 2.07. The van der Waals surface area contributed by atoms with E-state index in [1.54, 1.807) is 0 Å². The van der Waals surface area contributed by atoms with Crippen LogP contribution in [0.1, 0.15) is 16.8 Å². The molecule has 0 saturated heterocycles. The highest BCUT2D eigenvalue weighted by Crippen LogP contribution is 2.14. The fourth-order valence-electron chi connectivity index (χ4n) is 1.24. The lowest BCUT2D eigenvalue weighted by atomic mass is 10.2. The van der Waals surface area contributed by atoms with Crippen LogP contribution in [0.25, 0.3) is 0 Å². The summed E-state index contributed by atoms with van der Waals surface area (Å²) in [5.41, 5.74) is 0.372. The molecular formula is C11H14Cl2N2O3. The van der Waals surface area contributed by atoms with Crippen molar-refractivity contribution in [3.63, 3.8) is 0 Å². The molecule has 0 fully saturated rings. The number of aliphatic hydroxyl groups excluding tert-OH is 1. The average molecular weight is 293 g/mol. The Morgan fingerprint density at radius 2 is 2.00 bits per heavy atom. The van der Waals surface area contributed by atoms with Gasteiger partial charge in [0.25, 0.3) is 5.91 Å². The standard InChI is InChI=1S/C11H14Cl2N2O3/c12-9-6-8(7-10(13)15-9)11(17)14-2-1-4-18-5-3-16/h6-7,16H,1-5H2,(H,14,17). The van der Waals surface area contributed by atoms with E-state index < -0.39 is 0 Å². The van der Waals surface area contributed by atoms with Gasteiger partial charge in [-0.1, -0.05) is 23.2 Å². The van der Waals surface area contributed by atoms with Crippen LogP contribution in [0.4, 0.5) is 0 Å². The van der Waals surface area contributed by atoms with Gasteiger partial charge in [-0.2, -0.15) is 0 Å². The van der Waals surface area contributed by atoms with Gasteiger partial charge < -0.3 is 15.2 Å². The first kappa shape index (κ1) is 15.2. The maximum atomic E-state index is 11.7. The molecule has 100 valence electrons. The second-order valence-corrected chi connectivity index (χ2v) is 4.22. The number of halogens is 2. The average Bonchev–Trinajstić information content (AvgIpc) is 2.32. The quantitative estimate of drug-likeness (QED) is 0.590. The first-order chi connectivity index (χ1) is 8.63. The van der Waals surface area contributed by atoms with Crippen molar-refractivity contribution >= 4 is 29.1 Å². The lowest BCUT2D eigenvalue weighted by molar-refractivity contribution is 0.0867. The van der Waals surface area contributed by atoms with E-state index in [0.29, 0.717) is 31.7 Å². The summed E-state index contributed by atoms with van der Waals surface area (Å²) in [6.45, 7) is 1.27. The van der Waals surface area contributed by atoms with Crippen molar-refractivity contribution in [1.82, 2.24) is 10.3 Å². The Morgan fingerprint density at radius 1 is 1.33 bits per heavy atom. The van der Waals surface area contributed by atoms with Crippen LogP contribution in [-0.4, -0.2) is 42.4 Å². The third kappa shape index (κ3) is 5.64. The Labute approximate surface area is 115 Å². The van der Waals surface area contributed by atoms with Crippen LogP contribution in [0.5, 0.6) is 0 Å². The predicted molar refractivity (Wildman–Crippen MR) is 69.1 cm³/mol. The van der Waals surface area contributed by atoms with Gasteiger partial charge in [-0.05, 0) is 18.6 Å². The van der Waals surface area contributed by atoms with Gasteiger partial charge >= 0.3 is 0 Å². The van der Waals surface area contributed by atoms with E-state index in [9.17, 15) is 4.79 Å². The van der Waals surface area contributed by atoms with Gasteiger partial charge in [0, 0.05) is 18.7 Å². The molecule has 0 aliphatic heterocycles. The number of aliphatic hydroxyl groups is 1. The molecule has 0 aliphatic rings. The fraction of sp³-hybridized carbons (Fsp3) is 0.455. The molecular weight excluding hydrogens is 279 g/mol. The van der Waals surface area contributed by atoms with E-state index in [2.05, 4.69) is 10.3 Å². The van der Waals surface area contributed by atoms with Gasteiger partial charge in [-0.25, -0.2) is 4.98 Å². The smallest absolute Gasteiger partial charge is 0.251 e. The summed E-state index contributed by atoms with van der Waals surface area (Å²) >= 11 is 11.4. The van der Waals surface area contributed by atoms with Gasteiger partial charge in [0.15, 0.2) is 0 Å². The van der Waals surface area contributed by atoms with Crippen LogP contribution >= 0.6 is 23.2 Å². The molecule has 0 spiro atoms. The van der Waals surface area contributed by atoms with Gasteiger partial charge in [0.05, 0.1) is 13.2 Å². The largest absolute Gasteiger partial charge is 0.394 e. The molecule has 1 aromatic heterocycles. The van der Waals surface area contributed by atoms with E-state index in [1.165, 1.54) is 12.1 Å². The Bertz CT molecular complexity index is 382. The van der Waals surface area contributed by atoms with Crippen molar-refractivity contribution in [3.8, 4) is 0 Å². The second-order valence-electron chi connectivity index (χ2n) is 3.45. The van der Waals surface area contributed by atoms with Crippen LogP contribution < -0.4 is 5.32 Å². The molecule has 1 heterocycles. The SMILES string of the molecule is O=C(NCCCOCCO)c1cc(Cl)nc(Cl)c1. The van der Waals surface area contributed by atoms with E-state index in [1.807, 2.05) is 0 Å². The summed E-state index contributed by atoms with van der Waals surface area (Å²) in [5.74, 6) is -0.261. The second kappa shape index (κ2) is 8.26. The number of hydrogen-bond acceptors (Lipinski definition) is 4. The third-order valence-corrected chi connectivity index (χ3v) is 2.40. The molecule has 0 aliphatic carbocycles. The summed E-state index contributed by atoms with van der Waals surface area (Å²) in [4.78, 5) is 15.5. The van der Waals surface area contributed by atoms with Crippen LogP contribution in [-0.2, 0) is 4.74 Å². The van der Waals surface area contributed by atoms with E-state index in [4.69, 9.17) is 33.0 Å². The predicted octanol–water partition coefficient (Wildman–Crippen LogP) is 1.52. The van der Waals surface area contributed by atoms with Crippen molar-refractivity contribution in [2.75, 3.05) is 26.4 Å². The van der Waals surface area contributed by atoms with E-state index in [0.717, 1.165) is 0 Å². The highest BCUT2D eigenvalue weighted by atomic mass is 35.5. The number of amides is 1. The van der Waals surface area contributed by atoms with Crippen LogP contribution in [0.2, 0.25) is 10.3 Å². The van der Waals surface area contributed by atoms with Crippen molar-refractivity contribution in [3.05, 3.63) is 28.0 Å². The third-order valence-electron chi connectivity index (χ3n) is 2.01. The lowest BCUT2D eigenvalue weighted by Crippen LogP contribution is -2.25. The van der Waals surface area contributed by atoms with Gasteiger partial charge in [-0.15, -0.1) is 0 Å². The lowest BCUT2D eigenvalue weighted by Gasteiger charge is -2.06. The fourth-order valence-corrected chi connectivity index (χ4v) is 1.70. The van der Waals surface area contributed by atoms with Gasteiger partial charge in [0.2, 0.25) is 0 Å². The number of aromatic nitrogens is 1. The first-order valence-corrected chi connectivity index (χ1v) is 6.19. The first-order valence-electron chi connectivity index (χ1n) is 5.43. The van der Waals surface area contributed by atoms with Gasteiger partial charge in [-0.3, -0.25) is 4.79 Å². The maximum absolute atomic E-state index is 11.7. The number of pyridine rings is 1. The number of rotatable bonds is 7. The van der Waals surface area contributed by atoms with Crippen molar-refractivity contribution in [1.29, 1.82) is 0 Å². The summed E-state index contributed by atoms with van der Waals surface area (Å²) < 4.78 is 5.06. The normalized spacial score (nSPS) is 10.4. The number of ether oxygens (including phenoxy) is 1. The number of nitrogens with one attached hydrogen (secondary N) is 1. The minimum Gasteiger partial charge on any atom is -0.394 e. The number of carbonyl (C=O) groups is 1. The molecule has 0 atom stereocenters. The van der Waals surface area contributed by atoms with Crippen LogP contribution in [0, 0.1) is 0 Å².